The molecule has 1 aromatic heterocycles. The van der Waals surface area contributed by atoms with E-state index in [0.717, 1.165) is 45.4 Å². The molecule has 0 aliphatic carbocycles. The Morgan fingerprint density at radius 3 is 2.50 bits per heavy atom. The molecule has 0 atom stereocenters. The average molecular weight is 459 g/mol. The van der Waals surface area contributed by atoms with E-state index in [1.54, 1.807) is 11.8 Å². The molecule has 0 amide bonds. The second-order valence-corrected chi connectivity index (χ2v) is 7.98. The van der Waals surface area contributed by atoms with Gasteiger partial charge in [-0.2, -0.15) is 9.78 Å². The molecule has 2 aromatic carbocycles. The molecule has 7 heteroatoms. The monoisotopic (exact) mass is 458 g/mol. The number of hydrogen-bond acceptors (Lipinski definition) is 5. The highest BCUT2D eigenvalue weighted by atomic mass is 79.9. The summed E-state index contributed by atoms with van der Waals surface area (Å²) in [4.78, 5) is 0. The van der Waals surface area contributed by atoms with Crippen LogP contribution in [0.3, 0.4) is 0 Å². The Balaban J connectivity index is 1.75. The van der Waals surface area contributed by atoms with Gasteiger partial charge >= 0.3 is 0 Å². The number of nitrogens with zero attached hydrogens (tertiary/aromatic N) is 4. The molecular formula is C21H23BrN4OS. The van der Waals surface area contributed by atoms with Crippen LogP contribution in [0.5, 0.6) is 5.75 Å². The first-order valence-corrected chi connectivity index (χ1v) is 11.1. The van der Waals surface area contributed by atoms with Crippen LogP contribution in [0.15, 0.2) is 63.3 Å². The number of aryl methyl sites for hydroxylation is 1. The third kappa shape index (κ3) is 5.69. The summed E-state index contributed by atoms with van der Waals surface area (Å²) in [6.07, 6.45) is 3.67. The summed E-state index contributed by atoms with van der Waals surface area (Å²) in [5.74, 6) is 2.56. The molecule has 5 nitrogen and oxygen atoms in total. The summed E-state index contributed by atoms with van der Waals surface area (Å²) in [6.45, 7) is 4.77. The van der Waals surface area contributed by atoms with E-state index in [1.165, 1.54) is 5.56 Å². The summed E-state index contributed by atoms with van der Waals surface area (Å²) >= 11 is 5.11. The van der Waals surface area contributed by atoms with Crippen molar-refractivity contribution in [3.63, 3.8) is 0 Å². The largest absolute Gasteiger partial charge is 0.494 e. The summed E-state index contributed by atoms with van der Waals surface area (Å²) in [5, 5.41) is 14.1. The lowest BCUT2D eigenvalue weighted by Crippen LogP contribution is -2.00. The molecule has 0 radical (unpaired) electrons. The number of aromatic nitrogens is 3. The van der Waals surface area contributed by atoms with Crippen LogP contribution in [0, 0.1) is 0 Å². The molecule has 146 valence electrons. The van der Waals surface area contributed by atoms with E-state index in [9.17, 15) is 0 Å². The molecule has 0 saturated carbocycles. The van der Waals surface area contributed by atoms with Gasteiger partial charge in [0, 0.05) is 16.6 Å². The van der Waals surface area contributed by atoms with Gasteiger partial charge in [-0.1, -0.05) is 46.7 Å². The summed E-state index contributed by atoms with van der Waals surface area (Å²) < 4.78 is 8.42. The number of thioether (sulfide) groups is 1. The van der Waals surface area contributed by atoms with Gasteiger partial charge in [-0.25, -0.2) is 0 Å². The minimum atomic E-state index is 0.660. The zero-order chi connectivity index (χ0) is 19.8. The Labute approximate surface area is 178 Å². The molecule has 0 N–H and O–H groups in total. The maximum Gasteiger partial charge on any atom is 0.212 e. The van der Waals surface area contributed by atoms with Crippen molar-refractivity contribution in [2.24, 2.45) is 5.10 Å². The van der Waals surface area contributed by atoms with Gasteiger partial charge in [-0.3, -0.25) is 0 Å². The van der Waals surface area contributed by atoms with E-state index in [-0.39, 0.29) is 0 Å². The van der Waals surface area contributed by atoms with Gasteiger partial charge in [0.25, 0.3) is 0 Å². The number of hydrogen-bond donors (Lipinski definition) is 0. The Bertz CT molecular complexity index is 907. The molecule has 0 saturated heterocycles. The number of rotatable bonds is 9. The van der Waals surface area contributed by atoms with Crippen molar-refractivity contribution >= 4 is 33.9 Å². The van der Waals surface area contributed by atoms with Crippen molar-refractivity contribution in [3.05, 3.63) is 70.0 Å². The van der Waals surface area contributed by atoms with Crippen molar-refractivity contribution in [2.75, 3.05) is 6.61 Å². The molecule has 0 unspecified atom stereocenters. The summed E-state index contributed by atoms with van der Waals surface area (Å²) in [5.41, 5.74) is 2.23. The zero-order valence-corrected chi connectivity index (χ0v) is 18.4. The highest BCUT2D eigenvalue weighted by Crippen LogP contribution is 2.23. The third-order valence-corrected chi connectivity index (χ3v) is 5.46. The van der Waals surface area contributed by atoms with Gasteiger partial charge in [0.1, 0.15) is 5.75 Å². The van der Waals surface area contributed by atoms with Gasteiger partial charge < -0.3 is 4.74 Å². The summed E-state index contributed by atoms with van der Waals surface area (Å²) in [6, 6.07) is 16.2. The zero-order valence-electron chi connectivity index (χ0n) is 16.0. The van der Waals surface area contributed by atoms with Gasteiger partial charge in [-0.15, -0.1) is 10.2 Å². The molecule has 3 aromatic rings. The van der Waals surface area contributed by atoms with Crippen LogP contribution in [0.25, 0.3) is 0 Å². The fraction of sp³-hybridized carbons (Fsp3) is 0.286. The normalized spacial score (nSPS) is 11.2. The minimum Gasteiger partial charge on any atom is -0.494 e. The standard InChI is InChI=1S/C21H23BrN4OS/c1-3-5-20-24-25-21(28-15-17-6-10-18(22)11-7-17)26(20)23-14-16-8-12-19(13-9-16)27-4-2/h6-14H,3-5,15H2,1-2H3/b23-14-. The van der Waals surface area contributed by atoms with Crippen LogP contribution < -0.4 is 4.74 Å². The Morgan fingerprint density at radius 1 is 1.07 bits per heavy atom. The Kier molecular flexibility index (Phi) is 7.68. The van der Waals surface area contributed by atoms with Crippen molar-refractivity contribution < 1.29 is 4.74 Å². The van der Waals surface area contributed by atoms with Gasteiger partial charge in [0.15, 0.2) is 5.82 Å². The van der Waals surface area contributed by atoms with Crippen molar-refractivity contribution in [3.8, 4) is 5.75 Å². The molecular weight excluding hydrogens is 436 g/mol. The first-order valence-electron chi connectivity index (χ1n) is 9.28. The molecule has 0 aliphatic heterocycles. The third-order valence-electron chi connectivity index (χ3n) is 3.94. The van der Waals surface area contributed by atoms with Crippen LogP contribution in [0.2, 0.25) is 0 Å². The van der Waals surface area contributed by atoms with E-state index in [1.807, 2.05) is 54.2 Å². The maximum absolute atomic E-state index is 5.49. The van der Waals surface area contributed by atoms with Crippen LogP contribution in [0.4, 0.5) is 0 Å². The van der Waals surface area contributed by atoms with Crippen LogP contribution in [-0.2, 0) is 12.2 Å². The molecule has 3 rings (SSSR count). The predicted octanol–water partition coefficient (Wildman–Crippen LogP) is 5.57. The van der Waals surface area contributed by atoms with Crippen molar-refractivity contribution in [2.45, 2.75) is 37.6 Å². The Morgan fingerprint density at radius 2 is 1.82 bits per heavy atom. The highest BCUT2D eigenvalue weighted by Gasteiger charge is 2.11. The van der Waals surface area contributed by atoms with E-state index in [2.05, 4.69) is 50.3 Å². The van der Waals surface area contributed by atoms with Gasteiger partial charge in [-0.05, 0) is 60.9 Å². The molecule has 0 fully saturated rings. The number of benzene rings is 2. The Hall–Kier alpha value is -2.12. The highest BCUT2D eigenvalue weighted by molar-refractivity contribution is 9.10. The van der Waals surface area contributed by atoms with E-state index in [4.69, 9.17) is 4.74 Å². The smallest absolute Gasteiger partial charge is 0.212 e. The second kappa shape index (κ2) is 10.4. The molecule has 0 bridgehead atoms. The number of ether oxygens (including phenoxy) is 1. The van der Waals surface area contributed by atoms with Crippen molar-refractivity contribution in [1.82, 2.24) is 14.9 Å². The fourth-order valence-corrected chi connectivity index (χ4v) is 3.68. The lowest BCUT2D eigenvalue weighted by molar-refractivity contribution is 0.340. The van der Waals surface area contributed by atoms with E-state index in [0.29, 0.717) is 6.61 Å². The first kappa shape index (κ1) is 20.6. The van der Waals surface area contributed by atoms with E-state index >= 15 is 0 Å². The van der Waals surface area contributed by atoms with Crippen molar-refractivity contribution in [1.29, 1.82) is 0 Å². The molecule has 0 aliphatic rings. The molecule has 28 heavy (non-hydrogen) atoms. The second-order valence-electron chi connectivity index (χ2n) is 6.12. The lowest BCUT2D eigenvalue weighted by Gasteiger charge is -2.05. The van der Waals surface area contributed by atoms with Crippen LogP contribution >= 0.6 is 27.7 Å². The summed E-state index contributed by atoms with van der Waals surface area (Å²) in [7, 11) is 0. The van der Waals surface area contributed by atoms with Gasteiger partial charge in [0.05, 0.1) is 12.8 Å². The first-order chi connectivity index (χ1) is 13.7. The van der Waals surface area contributed by atoms with Crippen LogP contribution in [0.1, 0.15) is 37.2 Å². The minimum absolute atomic E-state index is 0.660. The van der Waals surface area contributed by atoms with Gasteiger partial charge in [0.2, 0.25) is 5.16 Å². The maximum atomic E-state index is 5.49. The lowest BCUT2D eigenvalue weighted by atomic mass is 10.2. The number of halogens is 1. The topological polar surface area (TPSA) is 52.3 Å². The molecule has 0 spiro atoms. The van der Waals surface area contributed by atoms with E-state index < -0.39 is 0 Å². The van der Waals surface area contributed by atoms with Crippen LogP contribution in [-0.4, -0.2) is 27.7 Å². The quantitative estimate of drug-likeness (QED) is 0.310. The molecule has 1 heterocycles. The fourth-order valence-electron chi connectivity index (χ4n) is 2.55. The SMILES string of the molecule is CCCc1nnc(SCc2ccc(Br)cc2)n1/N=C\c1ccc(OCC)cc1. The average Bonchev–Trinajstić information content (AvgIpc) is 3.09. The predicted molar refractivity (Wildman–Crippen MR) is 118 cm³/mol.